The maximum atomic E-state index is 12.4. The third-order valence-corrected chi connectivity index (χ3v) is 3.99. The monoisotopic (exact) mass is 344 g/mol. The van der Waals surface area contributed by atoms with Gasteiger partial charge >= 0.3 is 0 Å². The molecule has 1 aromatic carbocycles. The lowest BCUT2D eigenvalue weighted by Crippen LogP contribution is -2.50. The van der Waals surface area contributed by atoms with Crippen molar-refractivity contribution in [1.29, 1.82) is 0 Å². The Balaban J connectivity index is 1.90. The van der Waals surface area contributed by atoms with Gasteiger partial charge in [0.1, 0.15) is 0 Å². The van der Waals surface area contributed by atoms with Crippen molar-refractivity contribution in [3.8, 4) is 0 Å². The molecule has 1 heterocycles. The lowest BCUT2D eigenvalue weighted by atomic mass is 10.2. The molecule has 0 spiro atoms. The zero-order valence-electron chi connectivity index (χ0n) is 13.2. The van der Waals surface area contributed by atoms with Crippen LogP contribution in [-0.2, 0) is 16.1 Å². The minimum absolute atomic E-state index is 0.0877. The number of likely N-dealkylation sites (N-methyl/N-ethyl adjacent to an activating group) is 1. The van der Waals surface area contributed by atoms with Crippen LogP contribution < -0.4 is 0 Å². The average molecular weight is 345 g/mol. The standard InChI is InChI=1S/C16H22Cl2N2O2/c1-11-7-20(8-12(2)22-11)16(21)10-19(3)9-13-4-14(17)6-15(18)5-13/h4-6,11-12H,7-10H2,1-3H3. The Morgan fingerprint density at radius 2 is 1.77 bits per heavy atom. The van der Waals surface area contributed by atoms with Crippen molar-refractivity contribution >= 4 is 29.1 Å². The number of rotatable bonds is 4. The van der Waals surface area contributed by atoms with Gasteiger partial charge in [0, 0.05) is 29.7 Å². The van der Waals surface area contributed by atoms with Crippen molar-refractivity contribution < 1.29 is 9.53 Å². The average Bonchev–Trinajstić information content (AvgIpc) is 2.35. The van der Waals surface area contributed by atoms with E-state index < -0.39 is 0 Å². The number of nitrogens with zero attached hydrogens (tertiary/aromatic N) is 2. The molecule has 122 valence electrons. The van der Waals surface area contributed by atoms with Crippen molar-refractivity contribution in [3.05, 3.63) is 33.8 Å². The van der Waals surface area contributed by atoms with E-state index in [1.54, 1.807) is 6.07 Å². The van der Waals surface area contributed by atoms with Gasteiger partial charge in [-0.3, -0.25) is 9.69 Å². The normalized spacial score (nSPS) is 22.2. The van der Waals surface area contributed by atoms with E-state index in [1.165, 1.54) is 0 Å². The highest BCUT2D eigenvalue weighted by molar-refractivity contribution is 6.34. The molecule has 0 bridgehead atoms. The third kappa shape index (κ3) is 5.13. The van der Waals surface area contributed by atoms with Crippen LogP contribution >= 0.6 is 23.2 Å². The summed E-state index contributed by atoms with van der Waals surface area (Å²) in [7, 11) is 1.92. The van der Waals surface area contributed by atoms with Crippen LogP contribution in [0, 0.1) is 0 Å². The number of morpholine rings is 1. The van der Waals surface area contributed by atoms with E-state index in [1.807, 2.05) is 42.8 Å². The number of hydrogen-bond acceptors (Lipinski definition) is 3. The van der Waals surface area contributed by atoms with Crippen molar-refractivity contribution in [1.82, 2.24) is 9.80 Å². The Morgan fingerprint density at radius 1 is 1.23 bits per heavy atom. The van der Waals surface area contributed by atoms with Gasteiger partial charge in [0.15, 0.2) is 0 Å². The fourth-order valence-corrected chi connectivity index (χ4v) is 3.35. The maximum absolute atomic E-state index is 12.4. The zero-order valence-corrected chi connectivity index (χ0v) is 14.7. The van der Waals surface area contributed by atoms with E-state index in [9.17, 15) is 4.79 Å². The smallest absolute Gasteiger partial charge is 0.236 e. The molecule has 0 N–H and O–H groups in total. The highest BCUT2D eigenvalue weighted by atomic mass is 35.5. The summed E-state index contributed by atoms with van der Waals surface area (Å²) >= 11 is 12.0. The minimum atomic E-state index is 0.0877. The summed E-state index contributed by atoms with van der Waals surface area (Å²) in [5, 5.41) is 1.22. The molecule has 1 amide bonds. The third-order valence-electron chi connectivity index (χ3n) is 3.55. The van der Waals surface area contributed by atoms with Crippen LogP contribution in [0.4, 0.5) is 0 Å². The van der Waals surface area contributed by atoms with Gasteiger partial charge in [0.05, 0.1) is 18.8 Å². The minimum Gasteiger partial charge on any atom is -0.372 e. The van der Waals surface area contributed by atoms with Crippen LogP contribution in [0.3, 0.4) is 0 Å². The number of hydrogen-bond donors (Lipinski definition) is 0. The molecule has 1 fully saturated rings. The molecular formula is C16H22Cl2N2O2. The Kier molecular flexibility index (Phi) is 6.09. The van der Waals surface area contributed by atoms with Gasteiger partial charge in [0.25, 0.3) is 0 Å². The Bertz CT molecular complexity index is 509. The first kappa shape index (κ1) is 17.5. The van der Waals surface area contributed by atoms with Gasteiger partial charge in [0.2, 0.25) is 5.91 Å². The van der Waals surface area contributed by atoms with E-state index in [4.69, 9.17) is 27.9 Å². The van der Waals surface area contributed by atoms with Gasteiger partial charge in [-0.15, -0.1) is 0 Å². The molecule has 1 aliphatic rings. The molecule has 0 aliphatic carbocycles. The van der Waals surface area contributed by atoms with E-state index in [0.717, 1.165) is 5.56 Å². The van der Waals surface area contributed by atoms with Gasteiger partial charge in [-0.05, 0) is 44.7 Å². The fraction of sp³-hybridized carbons (Fsp3) is 0.562. The molecular weight excluding hydrogens is 323 g/mol. The van der Waals surface area contributed by atoms with Crippen LogP contribution in [0.1, 0.15) is 19.4 Å². The molecule has 22 heavy (non-hydrogen) atoms. The van der Waals surface area contributed by atoms with Gasteiger partial charge < -0.3 is 9.64 Å². The molecule has 1 saturated heterocycles. The highest BCUT2D eigenvalue weighted by Gasteiger charge is 2.26. The van der Waals surface area contributed by atoms with E-state index in [-0.39, 0.29) is 18.1 Å². The molecule has 0 aromatic heterocycles. The van der Waals surface area contributed by atoms with E-state index >= 15 is 0 Å². The number of halogens is 2. The summed E-state index contributed by atoms with van der Waals surface area (Å²) in [5.74, 6) is 0.123. The first-order valence-electron chi connectivity index (χ1n) is 7.40. The van der Waals surface area contributed by atoms with Gasteiger partial charge in [-0.2, -0.15) is 0 Å². The first-order valence-corrected chi connectivity index (χ1v) is 8.16. The van der Waals surface area contributed by atoms with Crippen molar-refractivity contribution in [3.63, 3.8) is 0 Å². The molecule has 4 nitrogen and oxygen atoms in total. The SMILES string of the molecule is CC1CN(C(=O)CN(C)Cc2cc(Cl)cc(Cl)c2)CC(C)O1. The van der Waals surface area contributed by atoms with Crippen molar-refractivity contribution in [2.24, 2.45) is 0 Å². The maximum Gasteiger partial charge on any atom is 0.236 e. The van der Waals surface area contributed by atoms with Gasteiger partial charge in [-0.25, -0.2) is 0 Å². The Hall–Kier alpha value is -0.810. The molecule has 1 aromatic rings. The first-order chi connectivity index (χ1) is 10.3. The molecule has 6 heteroatoms. The summed E-state index contributed by atoms with van der Waals surface area (Å²) < 4.78 is 5.66. The number of benzene rings is 1. The summed E-state index contributed by atoms with van der Waals surface area (Å²) in [6, 6.07) is 5.44. The van der Waals surface area contributed by atoms with Crippen LogP contribution in [0.25, 0.3) is 0 Å². The Morgan fingerprint density at radius 3 is 2.32 bits per heavy atom. The molecule has 2 atom stereocenters. The van der Waals surface area contributed by atoms with Crippen molar-refractivity contribution in [2.75, 3.05) is 26.7 Å². The van der Waals surface area contributed by atoms with Gasteiger partial charge in [-0.1, -0.05) is 23.2 Å². The number of ether oxygens (including phenoxy) is 1. The summed E-state index contributed by atoms with van der Waals surface area (Å²) in [6.45, 7) is 6.28. The van der Waals surface area contributed by atoms with Crippen LogP contribution in [0.15, 0.2) is 18.2 Å². The molecule has 2 rings (SSSR count). The second-order valence-corrected chi connectivity index (χ2v) is 6.88. The number of amides is 1. The predicted octanol–water partition coefficient (Wildman–Crippen LogP) is 3.06. The predicted molar refractivity (Wildman–Crippen MR) is 89.4 cm³/mol. The molecule has 0 radical (unpaired) electrons. The second kappa shape index (κ2) is 7.64. The summed E-state index contributed by atoms with van der Waals surface area (Å²) in [6.07, 6.45) is 0.175. The zero-order chi connectivity index (χ0) is 16.3. The second-order valence-electron chi connectivity index (χ2n) is 6.01. The highest BCUT2D eigenvalue weighted by Crippen LogP contribution is 2.20. The largest absolute Gasteiger partial charge is 0.372 e. The Labute approximate surface area is 141 Å². The van der Waals surface area contributed by atoms with Crippen LogP contribution in [0.2, 0.25) is 10.0 Å². The lowest BCUT2D eigenvalue weighted by molar-refractivity contribution is -0.144. The number of carbonyl (C=O) groups is 1. The summed E-state index contributed by atoms with van der Waals surface area (Å²) in [4.78, 5) is 16.2. The topological polar surface area (TPSA) is 32.8 Å². The lowest BCUT2D eigenvalue weighted by Gasteiger charge is -2.36. The molecule has 2 unspecified atom stereocenters. The summed E-state index contributed by atoms with van der Waals surface area (Å²) in [5.41, 5.74) is 0.997. The van der Waals surface area contributed by atoms with E-state index in [0.29, 0.717) is 36.2 Å². The van der Waals surface area contributed by atoms with E-state index in [2.05, 4.69) is 0 Å². The van der Waals surface area contributed by atoms with Crippen LogP contribution in [0.5, 0.6) is 0 Å². The molecule has 0 saturated carbocycles. The fourth-order valence-electron chi connectivity index (χ4n) is 2.78. The van der Waals surface area contributed by atoms with Crippen molar-refractivity contribution in [2.45, 2.75) is 32.6 Å². The molecule has 1 aliphatic heterocycles. The van der Waals surface area contributed by atoms with Crippen LogP contribution in [-0.4, -0.2) is 54.6 Å². The quantitative estimate of drug-likeness (QED) is 0.841. The number of carbonyl (C=O) groups excluding carboxylic acids is 1.